The van der Waals surface area contributed by atoms with Gasteiger partial charge >= 0.3 is 0 Å². The van der Waals surface area contributed by atoms with E-state index in [1.807, 2.05) is 42.6 Å². The first-order chi connectivity index (χ1) is 14.9. The molecule has 0 saturated carbocycles. The molecule has 0 saturated heterocycles. The lowest BCUT2D eigenvalue weighted by molar-refractivity contribution is -0.115. The third kappa shape index (κ3) is 5.74. The lowest BCUT2D eigenvalue weighted by Gasteiger charge is -2.07. The molecule has 0 bridgehead atoms. The second kappa shape index (κ2) is 10.1. The van der Waals surface area contributed by atoms with Crippen LogP contribution in [0.5, 0.6) is 5.75 Å². The highest BCUT2D eigenvalue weighted by atomic mass is 127. The molecule has 4 rings (SSSR count). The van der Waals surface area contributed by atoms with Crippen LogP contribution in [0, 0.1) is 7.14 Å². The number of halogens is 2. The van der Waals surface area contributed by atoms with E-state index in [0.717, 1.165) is 27.4 Å². The van der Waals surface area contributed by atoms with Gasteiger partial charge in [0.05, 0.1) is 24.7 Å². The zero-order valence-corrected chi connectivity index (χ0v) is 22.6. The highest BCUT2D eigenvalue weighted by Gasteiger charge is 2.18. The number of nitrogens with zero attached hydrogens (tertiary/aromatic N) is 3. The molecule has 0 fully saturated rings. The first-order valence-electron chi connectivity index (χ1n) is 8.89. The van der Waals surface area contributed by atoms with Gasteiger partial charge in [-0.25, -0.2) is 9.97 Å². The smallest absolute Gasteiger partial charge is 0.239 e. The Kier molecular flexibility index (Phi) is 7.46. The summed E-state index contributed by atoms with van der Waals surface area (Å²) in [6.45, 7) is 1.85. The van der Waals surface area contributed by atoms with Crippen molar-refractivity contribution in [3.05, 3.63) is 54.6 Å². The monoisotopic (exact) mass is 692 g/mol. The molecule has 2 aromatic carbocycles. The van der Waals surface area contributed by atoms with Crippen LogP contribution in [0.4, 0.5) is 10.8 Å². The van der Waals surface area contributed by atoms with Crippen molar-refractivity contribution in [2.75, 3.05) is 5.32 Å². The van der Waals surface area contributed by atoms with E-state index >= 15 is 0 Å². The highest BCUT2D eigenvalue weighted by Crippen LogP contribution is 2.34. The van der Waals surface area contributed by atoms with Gasteiger partial charge in [0.2, 0.25) is 5.91 Å². The minimum Gasteiger partial charge on any atom is -0.506 e. The topological polar surface area (TPSA) is 87.5 Å². The summed E-state index contributed by atoms with van der Waals surface area (Å²) >= 11 is 8.66. The van der Waals surface area contributed by atoms with Crippen LogP contribution in [-0.4, -0.2) is 32.4 Å². The number of rotatable bonds is 6. The van der Waals surface area contributed by atoms with E-state index in [0.29, 0.717) is 10.7 Å². The molecule has 2 heterocycles. The maximum Gasteiger partial charge on any atom is 0.239 e. The molecule has 0 aliphatic heterocycles. The summed E-state index contributed by atoms with van der Waals surface area (Å²) in [7, 11) is 0. The molecule has 11 heteroatoms. The van der Waals surface area contributed by atoms with Crippen molar-refractivity contribution >= 4 is 113 Å². The van der Waals surface area contributed by atoms with Gasteiger partial charge in [-0.15, -0.1) is 22.7 Å². The van der Waals surface area contributed by atoms with Crippen molar-refractivity contribution in [1.29, 1.82) is 0 Å². The zero-order valence-electron chi connectivity index (χ0n) is 15.9. The van der Waals surface area contributed by atoms with E-state index in [2.05, 4.69) is 65.5 Å². The van der Waals surface area contributed by atoms with Crippen molar-refractivity contribution in [1.82, 2.24) is 9.97 Å². The lowest BCUT2D eigenvalue weighted by Crippen LogP contribution is -2.22. The molecule has 4 aromatic rings. The van der Waals surface area contributed by atoms with E-state index < -0.39 is 0 Å². The summed E-state index contributed by atoms with van der Waals surface area (Å²) < 4.78 is 3.64. The molecule has 6 nitrogen and oxygen atoms in total. The quantitative estimate of drug-likeness (QED) is 0.136. The average molecular weight is 692 g/mol. The molecule has 0 aliphatic rings. The molecule has 158 valence electrons. The number of amides is 1. The van der Waals surface area contributed by atoms with Crippen molar-refractivity contribution in [3.63, 3.8) is 0 Å². The van der Waals surface area contributed by atoms with Crippen LogP contribution in [0.2, 0.25) is 0 Å². The van der Waals surface area contributed by atoms with E-state index in [1.54, 1.807) is 12.4 Å². The first kappa shape index (κ1) is 22.9. The molecule has 0 radical (unpaired) electrons. The number of anilines is 1. The lowest BCUT2D eigenvalue weighted by atomic mass is 10.2. The number of hydrogen-bond donors (Lipinski definition) is 2. The number of phenols is 1. The van der Waals surface area contributed by atoms with Gasteiger partial charge in [-0.2, -0.15) is 0 Å². The normalized spacial score (nSPS) is 12.5. The number of aromatic hydroxyl groups is 1. The fourth-order valence-electron chi connectivity index (χ4n) is 2.55. The summed E-state index contributed by atoms with van der Waals surface area (Å²) in [5.74, 6) is 0.128. The fraction of sp³-hybridized carbons (Fsp3) is 0.100. The van der Waals surface area contributed by atoms with Crippen LogP contribution < -0.4 is 5.32 Å². The number of aliphatic imine (C=N–C) groups is 1. The van der Waals surface area contributed by atoms with Crippen LogP contribution in [0.25, 0.3) is 10.2 Å². The number of carbonyl (C=O) groups excluding carboxylic acids is 1. The predicted octanol–water partition coefficient (Wildman–Crippen LogP) is 6.54. The van der Waals surface area contributed by atoms with Gasteiger partial charge in [-0.05, 0) is 82.4 Å². The number of phenolic OH excluding ortho intramolecular Hbond substituents is 1. The van der Waals surface area contributed by atoms with E-state index in [4.69, 9.17) is 0 Å². The maximum absolute atomic E-state index is 12.4. The van der Waals surface area contributed by atoms with Crippen LogP contribution in [-0.2, 0) is 4.79 Å². The standard InChI is InChI=1S/C20H14I2N4O2S3/c1-10(18(28)26-19-23-4-5-29-19)30-20-25-15-3-2-13(8-16(15)31-20)24-9-11-6-12(21)7-14(22)17(11)27/h2-10,27H,1H3,(H,23,26,28)/t10-/m0/s1. The van der Waals surface area contributed by atoms with Crippen LogP contribution in [0.15, 0.2) is 51.2 Å². The number of benzene rings is 2. The minimum atomic E-state index is -0.298. The number of aromatic nitrogens is 2. The average Bonchev–Trinajstić information content (AvgIpc) is 3.38. The van der Waals surface area contributed by atoms with Crippen molar-refractivity contribution in [2.24, 2.45) is 4.99 Å². The Bertz CT molecular complexity index is 1280. The van der Waals surface area contributed by atoms with E-state index in [-0.39, 0.29) is 16.9 Å². The van der Waals surface area contributed by atoms with Gasteiger partial charge in [0, 0.05) is 26.9 Å². The Balaban J connectivity index is 1.49. The SMILES string of the molecule is C[C@H](Sc1nc2ccc(N=Cc3cc(I)cc(I)c3O)cc2s1)C(=O)Nc1nccs1. The Morgan fingerprint density at radius 3 is 2.94 bits per heavy atom. The molecule has 0 aliphatic carbocycles. The van der Waals surface area contributed by atoms with Gasteiger partial charge in [0.1, 0.15) is 5.75 Å². The third-order valence-electron chi connectivity index (χ3n) is 4.07. The molecule has 1 atom stereocenters. The van der Waals surface area contributed by atoms with Gasteiger partial charge < -0.3 is 10.4 Å². The summed E-state index contributed by atoms with van der Waals surface area (Å²) in [4.78, 5) is 25.6. The van der Waals surface area contributed by atoms with Crippen LogP contribution >= 0.6 is 79.6 Å². The number of nitrogens with one attached hydrogen (secondary N) is 1. The van der Waals surface area contributed by atoms with Gasteiger partial charge in [-0.1, -0.05) is 11.8 Å². The van der Waals surface area contributed by atoms with Crippen molar-refractivity contribution in [3.8, 4) is 5.75 Å². The zero-order chi connectivity index (χ0) is 22.0. The molecule has 2 N–H and O–H groups in total. The minimum absolute atomic E-state index is 0.101. The van der Waals surface area contributed by atoms with Gasteiger partial charge in [0.15, 0.2) is 9.47 Å². The Hall–Kier alpha value is -1.29. The number of thiazole rings is 2. The largest absolute Gasteiger partial charge is 0.506 e. The fourth-order valence-corrected chi connectivity index (χ4v) is 7.21. The van der Waals surface area contributed by atoms with E-state index in [1.165, 1.54) is 34.4 Å². The van der Waals surface area contributed by atoms with Gasteiger partial charge in [0.25, 0.3) is 0 Å². The second-order valence-corrected chi connectivity index (χ2v) is 12.2. The second-order valence-electron chi connectivity index (χ2n) is 6.30. The van der Waals surface area contributed by atoms with E-state index in [9.17, 15) is 9.90 Å². The molecule has 31 heavy (non-hydrogen) atoms. The Morgan fingerprint density at radius 2 is 2.16 bits per heavy atom. The number of hydrogen-bond acceptors (Lipinski definition) is 8. The molecular weight excluding hydrogens is 678 g/mol. The number of thioether (sulfide) groups is 1. The van der Waals surface area contributed by atoms with Crippen LogP contribution in [0.3, 0.4) is 0 Å². The predicted molar refractivity (Wildman–Crippen MR) is 146 cm³/mol. The van der Waals surface area contributed by atoms with Crippen LogP contribution in [0.1, 0.15) is 12.5 Å². The van der Waals surface area contributed by atoms with Crippen molar-refractivity contribution in [2.45, 2.75) is 16.5 Å². The number of carbonyl (C=O) groups is 1. The molecule has 0 unspecified atom stereocenters. The summed E-state index contributed by atoms with van der Waals surface area (Å²) in [5.41, 5.74) is 2.32. The summed E-state index contributed by atoms with van der Waals surface area (Å²) in [5, 5.41) is 15.2. The number of fused-ring (bicyclic) bond motifs is 1. The highest BCUT2D eigenvalue weighted by molar-refractivity contribution is 14.1. The van der Waals surface area contributed by atoms with Crippen molar-refractivity contribution < 1.29 is 9.90 Å². The van der Waals surface area contributed by atoms with Gasteiger partial charge in [-0.3, -0.25) is 9.79 Å². The molecule has 2 aromatic heterocycles. The summed E-state index contributed by atoms with van der Waals surface area (Å²) in [6.07, 6.45) is 3.33. The molecule has 0 spiro atoms. The maximum atomic E-state index is 12.4. The molecule has 1 amide bonds. The summed E-state index contributed by atoms with van der Waals surface area (Å²) in [6, 6.07) is 9.57. The first-order valence-corrected chi connectivity index (χ1v) is 13.6. The molecular formula is C20H14I2N4O2S3. The Labute approximate surface area is 217 Å². The third-order valence-corrected chi connectivity index (χ3v) is 8.42. The Morgan fingerprint density at radius 1 is 1.32 bits per heavy atom.